The van der Waals surface area contributed by atoms with E-state index in [0.29, 0.717) is 6.54 Å². The van der Waals surface area contributed by atoms with Crippen LogP contribution in [0.5, 0.6) is 0 Å². The van der Waals surface area contributed by atoms with Crippen LogP contribution in [0.2, 0.25) is 0 Å². The molecule has 5 heteroatoms. The van der Waals surface area contributed by atoms with Gasteiger partial charge in [0.1, 0.15) is 16.5 Å². The summed E-state index contributed by atoms with van der Waals surface area (Å²) in [7, 11) is 0. The fourth-order valence-electron chi connectivity index (χ4n) is 2.22. The molecule has 23 heavy (non-hydrogen) atoms. The maximum Gasteiger partial charge on any atom is 0.217 e. The molecule has 0 saturated heterocycles. The Labute approximate surface area is 139 Å². The second-order valence-electron chi connectivity index (χ2n) is 5.26. The molecule has 0 aliphatic carbocycles. The highest BCUT2D eigenvalue weighted by atomic mass is 32.1. The largest absolute Gasteiger partial charge is 0.458 e. The van der Waals surface area contributed by atoms with Crippen molar-refractivity contribution in [2.24, 2.45) is 0 Å². The molecule has 0 radical (unpaired) electrons. The molecule has 3 aromatic rings. The van der Waals surface area contributed by atoms with E-state index >= 15 is 0 Å². The Balaban J connectivity index is 1.77. The van der Waals surface area contributed by atoms with Gasteiger partial charge in [-0.25, -0.2) is 4.98 Å². The van der Waals surface area contributed by atoms with Gasteiger partial charge in [-0.3, -0.25) is 4.79 Å². The molecule has 0 aliphatic rings. The van der Waals surface area contributed by atoms with Gasteiger partial charge < -0.3 is 9.73 Å². The zero-order valence-corrected chi connectivity index (χ0v) is 13.9. The number of aromatic nitrogens is 1. The summed E-state index contributed by atoms with van der Waals surface area (Å²) < 4.78 is 5.74. The molecular weight excluding hydrogens is 308 g/mol. The van der Waals surface area contributed by atoms with Crippen molar-refractivity contribution >= 4 is 17.2 Å². The van der Waals surface area contributed by atoms with E-state index in [2.05, 4.69) is 41.5 Å². The van der Waals surface area contributed by atoms with Crippen LogP contribution in [0.3, 0.4) is 0 Å². The smallest absolute Gasteiger partial charge is 0.217 e. The number of aryl methyl sites for hydroxylation is 1. The Bertz CT molecular complexity index is 803. The van der Waals surface area contributed by atoms with Crippen molar-refractivity contribution in [1.82, 2.24) is 10.3 Å². The lowest BCUT2D eigenvalue weighted by Crippen LogP contribution is -2.18. The zero-order valence-electron chi connectivity index (χ0n) is 13.1. The number of hydrogen-bond acceptors (Lipinski definition) is 4. The van der Waals surface area contributed by atoms with Crippen molar-refractivity contribution in [1.29, 1.82) is 0 Å². The zero-order chi connectivity index (χ0) is 16.2. The molecule has 1 aromatic carbocycles. The third kappa shape index (κ3) is 3.68. The van der Waals surface area contributed by atoms with Gasteiger partial charge in [-0.1, -0.05) is 31.2 Å². The molecule has 0 bridgehead atoms. The summed E-state index contributed by atoms with van der Waals surface area (Å²) in [5.41, 5.74) is 3.25. The number of hydrogen-bond donors (Lipinski definition) is 1. The van der Waals surface area contributed by atoms with Crippen molar-refractivity contribution in [2.45, 2.75) is 26.8 Å². The highest BCUT2D eigenvalue weighted by Crippen LogP contribution is 2.30. The predicted octanol–water partition coefficient (Wildman–Crippen LogP) is 4.27. The first-order chi connectivity index (χ1) is 11.2. The number of carbonyl (C=O) groups excluding carboxylic acids is 1. The van der Waals surface area contributed by atoms with Gasteiger partial charge in [0.2, 0.25) is 5.91 Å². The lowest BCUT2D eigenvalue weighted by Gasteiger charge is -1.99. The first kappa shape index (κ1) is 15.5. The standard InChI is InChI=1S/C18H18N2O2S/c1-3-13-4-6-14(7-5-13)18-20-16(11-23-18)17-9-8-15(22-17)10-19-12(2)21/h4-9,11H,3,10H2,1-2H3,(H,19,21). The van der Waals surface area contributed by atoms with E-state index in [1.807, 2.05) is 17.5 Å². The van der Waals surface area contributed by atoms with Gasteiger partial charge in [0.15, 0.2) is 5.76 Å². The molecule has 4 nitrogen and oxygen atoms in total. The highest BCUT2D eigenvalue weighted by molar-refractivity contribution is 7.13. The SMILES string of the molecule is CCc1ccc(-c2nc(-c3ccc(CNC(C)=O)o3)cs2)cc1. The maximum absolute atomic E-state index is 10.9. The van der Waals surface area contributed by atoms with Crippen LogP contribution in [-0.4, -0.2) is 10.9 Å². The Kier molecular flexibility index (Phi) is 4.57. The minimum Gasteiger partial charge on any atom is -0.458 e. The summed E-state index contributed by atoms with van der Waals surface area (Å²) in [5, 5.41) is 5.68. The van der Waals surface area contributed by atoms with Crippen LogP contribution in [0, 0.1) is 0 Å². The van der Waals surface area contributed by atoms with Crippen molar-refractivity contribution in [3.05, 3.63) is 53.1 Å². The van der Waals surface area contributed by atoms with E-state index in [0.717, 1.165) is 34.2 Å². The predicted molar refractivity (Wildman–Crippen MR) is 92.2 cm³/mol. The third-order valence-corrected chi connectivity index (χ3v) is 4.43. The number of nitrogens with zero attached hydrogens (tertiary/aromatic N) is 1. The van der Waals surface area contributed by atoms with Crippen LogP contribution in [0.25, 0.3) is 22.0 Å². The van der Waals surface area contributed by atoms with Crippen LogP contribution in [0.15, 0.2) is 46.2 Å². The van der Waals surface area contributed by atoms with Crippen LogP contribution < -0.4 is 5.32 Å². The average Bonchev–Trinajstić information content (AvgIpc) is 3.22. The lowest BCUT2D eigenvalue weighted by molar-refractivity contribution is -0.119. The monoisotopic (exact) mass is 326 g/mol. The Hall–Kier alpha value is -2.40. The van der Waals surface area contributed by atoms with E-state index in [1.54, 1.807) is 11.3 Å². The lowest BCUT2D eigenvalue weighted by atomic mass is 10.1. The van der Waals surface area contributed by atoms with Gasteiger partial charge in [-0.2, -0.15) is 0 Å². The molecule has 118 valence electrons. The Morgan fingerprint density at radius 2 is 2.00 bits per heavy atom. The van der Waals surface area contributed by atoms with Gasteiger partial charge in [0.25, 0.3) is 0 Å². The van der Waals surface area contributed by atoms with Crippen LogP contribution in [0.1, 0.15) is 25.2 Å². The second kappa shape index (κ2) is 6.79. The van der Waals surface area contributed by atoms with Crippen molar-refractivity contribution in [3.63, 3.8) is 0 Å². The number of rotatable bonds is 5. The van der Waals surface area contributed by atoms with E-state index in [-0.39, 0.29) is 5.91 Å². The molecule has 3 rings (SSSR count). The fourth-order valence-corrected chi connectivity index (χ4v) is 3.04. The summed E-state index contributed by atoms with van der Waals surface area (Å²) in [6.45, 7) is 4.02. The summed E-state index contributed by atoms with van der Waals surface area (Å²) >= 11 is 1.60. The van der Waals surface area contributed by atoms with E-state index < -0.39 is 0 Å². The maximum atomic E-state index is 10.9. The van der Waals surface area contributed by atoms with Crippen molar-refractivity contribution in [3.8, 4) is 22.0 Å². The molecule has 1 N–H and O–H groups in total. The van der Waals surface area contributed by atoms with Gasteiger partial charge in [-0.05, 0) is 24.1 Å². The molecule has 0 aliphatic heterocycles. The Morgan fingerprint density at radius 3 is 2.70 bits per heavy atom. The number of benzene rings is 1. The van der Waals surface area contributed by atoms with Crippen LogP contribution in [0.4, 0.5) is 0 Å². The molecule has 0 atom stereocenters. The summed E-state index contributed by atoms with van der Waals surface area (Å²) in [4.78, 5) is 15.6. The molecule has 2 aromatic heterocycles. The summed E-state index contributed by atoms with van der Waals surface area (Å²) in [6.07, 6.45) is 1.03. The van der Waals surface area contributed by atoms with E-state index in [9.17, 15) is 4.79 Å². The molecule has 0 fully saturated rings. The molecule has 2 heterocycles. The number of carbonyl (C=O) groups is 1. The average molecular weight is 326 g/mol. The van der Waals surface area contributed by atoms with Crippen LogP contribution >= 0.6 is 11.3 Å². The van der Waals surface area contributed by atoms with Gasteiger partial charge in [-0.15, -0.1) is 11.3 Å². The number of furan rings is 1. The van der Waals surface area contributed by atoms with Crippen LogP contribution in [-0.2, 0) is 17.8 Å². The fraction of sp³-hybridized carbons (Fsp3) is 0.222. The molecule has 0 spiro atoms. The number of thiazole rings is 1. The van der Waals surface area contributed by atoms with E-state index in [1.165, 1.54) is 12.5 Å². The topological polar surface area (TPSA) is 55.1 Å². The molecular formula is C18H18N2O2S. The summed E-state index contributed by atoms with van der Waals surface area (Å²) in [5.74, 6) is 1.37. The Morgan fingerprint density at radius 1 is 1.22 bits per heavy atom. The molecule has 0 saturated carbocycles. The quantitative estimate of drug-likeness (QED) is 0.762. The van der Waals surface area contributed by atoms with E-state index in [4.69, 9.17) is 4.42 Å². The first-order valence-corrected chi connectivity index (χ1v) is 8.42. The highest BCUT2D eigenvalue weighted by Gasteiger charge is 2.10. The van der Waals surface area contributed by atoms with Gasteiger partial charge in [0, 0.05) is 17.9 Å². The molecule has 0 unspecified atom stereocenters. The summed E-state index contributed by atoms with van der Waals surface area (Å²) in [6, 6.07) is 12.2. The molecule has 1 amide bonds. The second-order valence-corrected chi connectivity index (χ2v) is 6.12. The van der Waals surface area contributed by atoms with Gasteiger partial charge >= 0.3 is 0 Å². The number of nitrogens with one attached hydrogen (secondary N) is 1. The van der Waals surface area contributed by atoms with Gasteiger partial charge in [0.05, 0.1) is 6.54 Å². The third-order valence-electron chi connectivity index (χ3n) is 3.54. The minimum atomic E-state index is -0.0746. The van der Waals surface area contributed by atoms with Crippen molar-refractivity contribution in [2.75, 3.05) is 0 Å². The first-order valence-electron chi connectivity index (χ1n) is 7.54. The minimum absolute atomic E-state index is 0.0746. The normalized spacial score (nSPS) is 10.7. The number of amides is 1. The van der Waals surface area contributed by atoms with Crippen molar-refractivity contribution < 1.29 is 9.21 Å².